The molecule has 0 radical (unpaired) electrons. The smallest absolute Gasteiger partial charge is 0.317 e. The van der Waals surface area contributed by atoms with E-state index in [2.05, 4.69) is 0 Å². The molecule has 1 aliphatic rings. The first kappa shape index (κ1) is 17.7. The van der Waals surface area contributed by atoms with E-state index < -0.39 is 22.8 Å². The highest BCUT2D eigenvalue weighted by atomic mass is 16.4. The molecule has 0 fully saturated rings. The van der Waals surface area contributed by atoms with Crippen molar-refractivity contribution in [3.05, 3.63) is 96.1 Å². The van der Waals surface area contributed by atoms with Crippen LogP contribution in [-0.2, 0) is 22.4 Å². The molecule has 4 nitrogen and oxygen atoms in total. The van der Waals surface area contributed by atoms with Gasteiger partial charge < -0.3 is 10.2 Å². The van der Waals surface area contributed by atoms with Crippen LogP contribution >= 0.6 is 0 Å². The Morgan fingerprint density at radius 3 is 1.19 bits per heavy atom. The van der Waals surface area contributed by atoms with Crippen molar-refractivity contribution in [1.82, 2.24) is 0 Å². The molecule has 1 aliphatic carbocycles. The molecule has 4 heteroatoms. The molecule has 0 aromatic heterocycles. The molecule has 3 rings (SSSR count). The minimum absolute atomic E-state index is 0.275. The maximum absolute atomic E-state index is 12.0. The van der Waals surface area contributed by atoms with Gasteiger partial charge in [-0.25, -0.2) is 0 Å². The lowest BCUT2D eigenvalue weighted by Gasteiger charge is -2.32. The second-order valence-corrected chi connectivity index (χ2v) is 6.68. The highest BCUT2D eigenvalue weighted by Gasteiger charge is 2.42. The summed E-state index contributed by atoms with van der Waals surface area (Å²) in [6.45, 7) is 0. The Balaban J connectivity index is 1.93. The van der Waals surface area contributed by atoms with Gasteiger partial charge in [-0.05, 0) is 24.0 Å². The molecule has 0 amide bonds. The quantitative estimate of drug-likeness (QED) is 0.780. The fourth-order valence-electron chi connectivity index (χ4n) is 3.25. The van der Waals surface area contributed by atoms with E-state index in [1.54, 1.807) is 0 Å². The van der Waals surface area contributed by atoms with Gasteiger partial charge in [0.2, 0.25) is 0 Å². The van der Waals surface area contributed by atoms with Crippen LogP contribution in [0.3, 0.4) is 0 Å². The number of carbonyl (C=O) groups is 2. The van der Waals surface area contributed by atoms with Gasteiger partial charge in [-0.3, -0.25) is 9.59 Å². The first-order chi connectivity index (χ1) is 12.5. The molecule has 2 N–H and O–H groups in total. The first-order valence-corrected chi connectivity index (χ1v) is 8.41. The Hall–Kier alpha value is -3.14. The van der Waals surface area contributed by atoms with Gasteiger partial charge >= 0.3 is 11.9 Å². The zero-order chi connectivity index (χ0) is 18.6. The minimum atomic E-state index is -1.24. The Morgan fingerprint density at radius 2 is 0.923 bits per heavy atom. The highest BCUT2D eigenvalue weighted by molar-refractivity contribution is 5.85. The van der Waals surface area contributed by atoms with Crippen molar-refractivity contribution in [3.63, 3.8) is 0 Å². The summed E-state index contributed by atoms with van der Waals surface area (Å²) in [5.41, 5.74) is -0.710. The lowest BCUT2D eigenvalue weighted by atomic mass is 9.70. The Bertz CT molecular complexity index is 765. The van der Waals surface area contributed by atoms with Gasteiger partial charge in [0.05, 0.1) is 0 Å². The third-order valence-corrected chi connectivity index (χ3v) is 4.83. The van der Waals surface area contributed by atoms with Crippen molar-refractivity contribution >= 4 is 11.9 Å². The number of benzene rings is 2. The minimum Gasteiger partial charge on any atom is -0.480 e. The van der Waals surface area contributed by atoms with E-state index in [-0.39, 0.29) is 12.8 Å². The number of carboxylic acid groups (broad SMARTS) is 2. The molecule has 132 valence electrons. The number of aliphatic carboxylic acids is 2. The van der Waals surface area contributed by atoms with E-state index in [9.17, 15) is 19.8 Å². The number of hydrogen-bond acceptors (Lipinski definition) is 2. The van der Waals surface area contributed by atoms with Crippen LogP contribution in [0.1, 0.15) is 11.1 Å². The van der Waals surface area contributed by atoms with E-state index >= 15 is 0 Å². The summed E-state index contributed by atoms with van der Waals surface area (Å²) in [6, 6.07) is 18.7. The van der Waals surface area contributed by atoms with Crippen LogP contribution in [0.4, 0.5) is 0 Å². The third-order valence-electron chi connectivity index (χ3n) is 4.83. The molecular formula is C22H20O4. The third kappa shape index (κ3) is 3.45. The number of hydrogen-bond donors (Lipinski definition) is 2. The van der Waals surface area contributed by atoms with Crippen LogP contribution in [-0.4, -0.2) is 22.2 Å². The van der Waals surface area contributed by atoms with Crippen molar-refractivity contribution < 1.29 is 19.8 Å². The lowest BCUT2D eigenvalue weighted by Crippen LogP contribution is -2.37. The van der Waals surface area contributed by atoms with Crippen molar-refractivity contribution in [1.29, 1.82) is 0 Å². The second kappa shape index (κ2) is 7.00. The molecule has 0 aliphatic heterocycles. The summed E-state index contributed by atoms with van der Waals surface area (Å²) < 4.78 is 0. The van der Waals surface area contributed by atoms with Gasteiger partial charge in [-0.1, -0.05) is 85.0 Å². The molecular weight excluding hydrogens is 328 g/mol. The second-order valence-electron chi connectivity index (χ2n) is 6.68. The zero-order valence-corrected chi connectivity index (χ0v) is 14.2. The molecule has 0 atom stereocenters. The largest absolute Gasteiger partial charge is 0.480 e. The van der Waals surface area contributed by atoms with Crippen molar-refractivity contribution in [2.24, 2.45) is 10.8 Å². The summed E-state index contributed by atoms with van der Waals surface area (Å²) >= 11 is 0. The van der Waals surface area contributed by atoms with Crippen LogP contribution in [0.15, 0.2) is 85.0 Å². The molecule has 0 saturated carbocycles. The predicted octanol–water partition coefficient (Wildman–Crippen LogP) is 3.74. The van der Waals surface area contributed by atoms with Crippen LogP contribution in [0, 0.1) is 10.8 Å². The maximum atomic E-state index is 12.0. The van der Waals surface area contributed by atoms with Crippen LogP contribution in [0.5, 0.6) is 0 Å². The van der Waals surface area contributed by atoms with Crippen LogP contribution < -0.4 is 0 Å². The molecule has 0 saturated heterocycles. The fraction of sp³-hybridized carbons (Fsp3) is 0.182. The standard InChI is InChI=1S/C22H20O4/c23-19(24)21(15-17-7-3-1-4-8-17)11-13-22(14-12-21,20(25)26)16-18-9-5-2-6-10-18/h1-14H,15-16H2,(H,23,24)(H,25,26). The summed E-state index contributed by atoms with van der Waals surface area (Å²) in [7, 11) is 0. The van der Waals surface area contributed by atoms with Crippen molar-refractivity contribution in [2.75, 3.05) is 0 Å². The molecule has 0 unspecified atom stereocenters. The van der Waals surface area contributed by atoms with Gasteiger partial charge in [0, 0.05) is 0 Å². The van der Waals surface area contributed by atoms with Gasteiger partial charge in [0.1, 0.15) is 10.8 Å². The van der Waals surface area contributed by atoms with Crippen molar-refractivity contribution in [2.45, 2.75) is 12.8 Å². The summed E-state index contributed by atoms with van der Waals surface area (Å²) in [5, 5.41) is 19.6. The van der Waals surface area contributed by atoms with Crippen LogP contribution in [0.25, 0.3) is 0 Å². The van der Waals surface area contributed by atoms with Gasteiger partial charge in [0.25, 0.3) is 0 Å². The molecule has 0 heterocycles. The molecule has 0 spiro atoms. The predicted molar refractivity (Wildman–Crippen MR) is 98.7 cm³/mol. The van der Waals surface area contributed by atoms with E-state index in [1.165, 1.54) is 24.3 Å². The first-order valence-electron chi connectivity index (χ1n) is 8.41. The average molecular weight is 348 g/mol. The highest BCUT2D eigenvalue weighted by Crippen LogP contribution is 2.39. The topological polar surface area (TPSA) is 74.6 Å². The average Bonchev–Trinajstić information content (AvgIpc) is 2.65. The van der Waals surface area contributed by atoms with E-state index in [0.29, 0.717) is 0 Å². The normalized spacial score (nSPS) is 24.3. The molecule has 2 aromatic carbocycles. The number of rotatable bonds is 6. The summed E-state index contributed by atoms with van der Waals surface area (Å²) in [5.74, 6) is -1.99. The Labute approximate surface area is 152 Å². The van der Waals surface area contributed by atoms with Gasteiger partial charge in [0.15, 0.2) is 0 Å². The van der Waals surface area contributed by atoms with E-state index in [4.69, 9.17) is 0 Å². The Kier molecular flexibility index (Phi) is 4.76. The zero-order valence-electron chi connectivity index (χ0n) is 14.2. The summed E-state index contributed by atoms with van der Waals surface area (Å²) in [4.78, 5) is 23.9. The van der Waals surface area contributed by atoms with E-state index in [1.807, 2.05) is 60.7 Å². The van der Waals surface area contributed by atoms with Crippen molar-refractivity contribution in [3.8, 4) is 0 Å². The molecule has 2 aromatic rings. The summed E-state index contributed by atoms with van der Waals surface area (Å²) in [6.07, 6.45) is 6.66. The Morgan fingerprint density at radius 1 is 0.615 bits per heavy atom. The van der Waals surface area contributed by atoms with Gasteiger partial charge in [-0.15, -0.1) is 0 Å². The molecule has 0 bridgehead atoms. The molecule has 26 heavy (non-hydrogen) atoms. The fourth-order valence-corrected chi connectivity index (χ4v) is 3.25. The number of carboxylic acids is 2. The maximum Gasteiger partial charge on any atom is 0.317 e. The van der Waals surface area contributed by atoms with Crippen LogP contribution in [0.2, 0.25) is 0 Å². The SMILES string of the molecule is O=C(O)C1(Cc2ccccc2)C=CC(Cc2ccccc2)(C(=O)O)C=C1. The monoisotopic (exact) mass is 348 g/mol. The van der Waals surface area contributed by atoms with Gasteiger partial charge in [-0.2, -0.15) is 0 Å². The lowest BCUT2D eigenvalue weighted by molar-refractivity contribution is -0.146. The van der Waals surface area contributed by atoms with E-state index in [0.717, 1.165) is 11.1 Å².